The van der Waals surface area contributed by atoms with Gasteiger partial charge in [-0.2, -0.15) is 5.10 Å². The maximum atomic E-state index is 13.7. The van der Waals surface area contributed by atoms with Crippen LogP contribution in [0.5, 0.6) is 0 Å². The van der Waals surface area contributed by atoms with Crippen molar-refractivity contribution in [3.05, 3.63) is 58.8 Å². The van der Waals surface area contributed by atoms with Crippen LogP contribution >= 0.6 is 11.6 Å². The number of carbonyl (C=O) groups excluding carboxylic acids is 1. The summed E-state index contributed by atoms with van der Waals surface area (Å²) < 4.78 is 13.7. The van der Waals surface area contributed by atoms with E-state index >= 15 is 0 Å². The normalized spacial score (nSPS) is 15.8. The predicted octanol–water partition coefficient (Wildman–Crippen LogP) is 3.31. The fourth-order valence-corrected chi connectivity index (χ4v) is 3.01. The van der Waals surface area contributed by atoms with Crippen molar-refractivity contribution in [2.45, 2.75) is 6.42 Å². The first-order chi connectivity index (χ1) is 12.1. The van der Waals surface area contributed by atoms with E-state index in [4.69, 9.17) is 11.6 Å². The highest BCUT2D eigenvalue weighted by Crippen LogP contribution is 2.27. The number of hydrogen-bond acceptors (Lipinski definition) is 4. The van der Waals surface area contributed by atoms with E-state index in [2.05, 4.69) is 25.8 Å². The number of benzene rings is 1. The fourth-order valence-electron chi connectivity index (χ4n) is 2.85. The van der Waals surface area contributed by atoms with Gasteiger partial charge in [-0.15, -0.1) is 0 Å². The van der Waals surface area contributed by atoms with Crippen LogP contribution in [-0.4, -0.2) is 28.1 Å². The van der Waals surface area contributed by atoms with Gasteiger partial charge in [-0.05, 0) is 30.3 Å². The number of aromatic nitrogens is 2. The number of fused-ring (bicyclic) bond motifs is 3. The number of carbonyl (C=O) groups is 1. The van der Waals surface area contributed by atoms with Crippen molar-refractivity contribution in [2.75, 3.05) is 12.0 Å². The van der Waals surface area contributed by atoms with Crippen molar-refractivity contribution in [3.63, 3.8) is 0 Å². The minimum Gasteiger partial charge on any atom is -0.350 e. The van der Waals surface area contributed by atoms with Gasteiger partial charge in [0.25, 0.3) is 5.91 Å². The minimum atomic E-state index is -0.374. The Labute approximate surface area is 147 Å². The number of nitrogens with zero attached hydrogens (tertiary/aromatic N) is 2. The summed E-state index contributed by atoms with van der Waals surface area (Å²) in [5, 5.41) is 8.12. The van der Waals surface area contributed by atoms with E-state index in [0.29, 0.717) is 51.7 Å². The molecule has 0 saturated heterocycles. The second-order valence-corrected chi connectivity index (χ2v) is 5.94. The monoisotopic (exact) mass is 357 g/mol. The molecular weight excluding hydrogens is 345 g/mol. The number of rotatable bonds is 2. The third kappa shape index (κ3) is 2.83. The molecular formula is C17H13ClFN5O. The summed E-state index contributed by atoms with van der Waals surface area (Å²) in [6, 6.07) is 7.83. The number of aromatic amines is 1. The number of halogens is 2. The smallest absolute Gasteiger partial charge is 0.268 e. The van der Waals surface area contributed by atoms with Crippen LogP contribution in [0, 0.1) is 5.82 Å². The van der Waals surface area contributed by atoms with E-state index in [9.17, 15) is 9.18 Å². The Balaban J connectivity index is 1.84. The SMILES string of the molecule is O=C1NCC/C(=N/Nc2cccnc2Cl)c2c1[nH]c1ccc(F)cc21. The molecule has 0 spiro atoms. The van der Waals surface area contributed by atoms with Gasteiger partial charge in [0, 0.05) is 35.6 Å². The number of pyridine rings is 1. The van der Waals surface area contributed by atoms with Crippen LogP contribution in [0.1, 0.15) is 22.5 Å². The molecule has 6 nitrogen and oxygen atoms in total. The molecule has 3 heterocycles. The first kappa shape index (κ1) is 15.6. The zero-order valence-corrected chi connectivity index (χ0v) is 13.7. The largest absolute Gasteiger partial charge is 0.350 e. The van der Waals surface area contributed by atoms with Crippen molar-refractivity contribution >= 4 is 39.8 Å². The second kappa shape index (κ2) is 6.18. The van der Waals surface area contributed by atoms with Gasteiger partial charge in [0.05, 0.1) is 11.4 Å². The first-order valence-electron chi connectivity index (χ1n) is 7.66. The van der Waals surface area contributed by atoms with E-state index in [-0.39, 0.29) is 11.7 Å². The molecule has 0 radical (unpaired) electrons. The van der Waals surface area contributed by atoms with Crippen LogP contribution in [-0.2, 0) is 0 Å². The molecule has 25 heavy (non-hydrogen) atoms. The lowest BCUT2D eigenvalue weighted by Gasteiger charge is -2.06. The molecule has 126 valence electrons. The van der Waals surface area contributed by atoms with E-state index < -0.39 is 0 Å². The average molecular weight is 358 g/mol. The zero-order valence-electron chi connectivity index (χ0n) is 12.9. The van der Waals surface area contributed by atoms with Crippen LogP contribution < -0.4 is 10.7 Å². The summed E-state index contributed by atoms with van der Waals surface area (Å²) in [5.41, 5.74) is 5.70. The number of H-pyrrole nitrogens is 1. The summed E-state index contributed by atoms with van der Waals surface area (Å²) in [4.78, 5) is 19.3. The molecule has 1 aliphatic heterocycles. The highest BCUT2D eigenvalue weighted by molar-refractivity contribution is 6.32. The molecule has 0 aliphatic carbocycles. The van der Waals surface area contributed by atoms with Gasteiger partial charge in [-0.1, -0.05) is 11.6 Å². The molecule has 4 rings (SSSR count). The lowest BCUT2D eigenvalue weighted by molar-refractivity contribution is 0.0952. The first-order valence-corrected chi connectivity index (χ1v) is 8.04. The third-order valence-corrected chi connectivity index (χ3v) is 4.30. The number of nitrogens with one attached hydrogen (secondary N) is 3. The molecule has 0 atom stereocenters. The number of amides is 1. The van der Waals surface area contributed by atoms with Gasteiger partial charge in [-0.25, -0.2) is 9.37 Å². The van der Waals surface area contributed by atoms with Crippen molar-refractivity contribution in [3.8, 4) is 0 Å². The topological polar surface area (TPSA) is 82.2 Å². The summed E-state index contributed by atoms with van der Waals surface area (Å²) >= 11 is 6.03. The highest BCUT2D eigenvalue weighted by atomic mass is 35.5. The highest BCUT2D eigenvalue weighted by Gasteiger charge is 2.25. The molecule has 0 unspecified atom stereocenters. The molecule has 3 N–H and O–H groups in total. The molecule has 3 aromatic rings. The lowest BCUT2D eigenvalue weighted by Crippen LogP contribution is -2.23. The molecule has 0 saturated carbocycles. The van der Waals surface area contributed by atoms with Crippen molar-refractivity contribution in [1.29, 1.82) is 0 Å². The number of anilines is 1. The fraction of sp³-hybridized carbons (Fsp3) is 0.118. The van der Waals surface area contributed by atoms with Crippen molar-refractivity contribution < 1.29 is 9.18 Å². The summed E-state index contributed by atoms with van der Waals surface area (Å²) in [6.07, 6.45) is 2.07. The summed E-state index contributed by atoms with van der Waals surface area (Å²) in [6.45, 7) is 0.430. The number of hydrazone groups is 1. The van der Waals surface area contributed by atoms with Gasteiger partial charge in [-0.3, -0.25) is 10.2 Å². The Hall–Kier alpha value is -2.93. The minimum absolute atomic E-state index is 0.240. The van der Waals surface area contributed by atoms with Crippen LogP contribution in [0.4, 0.5) is 10.1 Å². The summed E-state index contributed by atoms with van der Waals surface area (Å²) in [5.74, 6) is -0.613. The van der Waals surface area contributed by atoms with E-state index in [1.54, 1.807) is 24.4 Å². The van der Waals surface area contributed by atoms with E-state index in [0.717, 1.165) is 0 Å². The van der Waals surface area contributed by atoms with Gasteiger partial charge in [0.2, 0.25) is 0 Å². The maximum Gasteiger partial charge on any atom is 0.268 e. The Morgan fingerprint density at radius 3 is 3.04 bits per heavy atom. The van der Waals surface area contributed by atoms with Gasteiger partial charge < -0.3 is 10.3 Å². The molecule has 1 aliphatic rings. The lowest BCUT2D eigenvalue weighted by atomic mass is 10.0. The molecule has 0 bridgehead atoms. The molecule has 1 aromatic carbocycles. The van der Waals surface area contributed by atoms with E-state index in [1.165, 1.54) is 12.1 Å². The Morgan fingerprint density at radius 2 is 2.20 bits per heavy atom. The van der Waals surface area contributed by atoms with E-state index in [1.807, 2.05) is 0 Å². The Kier molecular flexibility index (Phi) is 3.85. The molecule has 2 aromatic heterocycles. The molecule has 1 amide bonds. The van der Waals surface area contributed by atoms with Crippen LogP contribution in [0.15, 0.2) is 41.6 Å². The van der Waals surface area contributed by atoms with Crippen LogP contribution in [0.25, 0.3) is 10.9 Å². The van der Waals surface area contributed by atoms with Crippen molar-refractivity contribution in [2.24, 2.45) is 5.10 Å². The van der Waals surface area contributed by atoms with Gasteiger partial charge in [0.15, 0.2) is 5.15 Å². The zero-order chi connectivity index (χ0) is 17.4. The molecule has 8 heteroatoms. The Bertz CT molecular complexity index is 1010. The third-order valence-electron chi connectivity index (χ3n) is 3.99. The van der Waals surface area contributed by atoms with Crippen LogP contribution in [0.3, 0.4) is 0 Å². The predicted molar refractivity (Wildman–Crippen MR) is 94.6 cm³/mol. The maximum absolute atomic E-state index is 13.7. The van der Waals surface area contributed by atoms with Crippen LogP contribution in [0.2, 0.25) is 5.15 Å². The van der Waals surface area contributed by atoms with Crippen molar-refractivity contribution in [1.82, 2.24) is 15.3 Å². The summed E-state index contributed by atoms with van der Waals surface area (Å²) in [7, 11) is 0. The van der Waals surface area contributed by atoms with Gasteiger partial charge in [0.1, 0.15) is 11.5 Å². The number of hydrogen-bond donors (Lipinski definition) is 3. The van der Waals surface area contributed by atoms with Gasteiger partial charge >= 0.3 is 0 Å². The Morgan fingerprint density at radius 1 is 1.32 bits per heavy atom. The average Bonchev–Trinajstić information content (AvgIpc) is 2.90. The molecule has 0 fully saturated rings. The second-order valence-electron chi connectivity index (χ2n) is 5.58. The quantitative estimate of drug-likeness (QED) is 0.486. The standard InChI is InChI=1S/C17H13ClFN5O/c18-16-13(2-1-6-20-16)24-23-12-5-7-21-17(25)15-14(12)10-8-9(19)3-4-11(10)22-15/h1-4,6,8,22,24H,5,7H2,(H,21,25)/b23-12-.